The zero-order valence-corrected chi connectivity index (χ0v) is 20.3. The van der Waals surface area contributed by atoms with E-state index >= 15 is 0 Å². The quantitative estimate of drug-likeness (QED) is 0.230. The molecule has 0 bridgehead atoms. The first-order valence-corrected chi connectivity index (χ1v) is 11.1. The summed E-state index contributed by atoms with van der Waals surface area (Å²) in [4.78, 5) is 58.0. The number of hydrogen-bond acceptors (Lipinski definition) is 9. The smallest absolute Gasteiger partial charge is 0.408 e. The summed E-state index contributed by atoms with van der Waals surface area (Å²) < 4.78 is 10.0. The molecule has 12 heteroatoms. The highest BCUT2D eigenvalue weighted by molar-refractivity contribution is 8.13. The normalized spacial score (nSPS) is 12.3. The molecule has 4 N–H and O–H groups in total. The van der Waals surface area contributed by atoms with E-state index in [0.29, 0.717) is 12.3 Å². The van der Waals surface area contributed by atoms with Crippen LogP contribution in [0.15, 0.2) is 0 Å². The van der Waals surface area contributed by atoms with E-state index in [4.69, 9.17) is 9.47 Å². The van der Waals surface area contributed by atoms with Gasteiger partial charge >= 0.3 is 12.1 Å². The van der Waals surface area contributed by atoms with Crippen LogP contribution in [0.4, 0.5) is 4.79 Å². The topological polar surface area (TPSA) is 160 Å². The van der Waals surface area contributed by atoms with Crippen LogP contribution < -0.4 is 16.0 Å². The first-order valence-electron chi connectivity index (χ1n) is 10.1. The predicted octanol–water partition coefficient (Wildman–Crippen LogP) is 0.344. The molecular weight excluding hydrogens is 442 g/mol. The molecule has 32 heavy (non-hydrogen) atoms. The summed E-state index contributed by atoms with van der Waals surface area (Å²) >= 11 is 1.10. The monoisotopic (exact) mass is 477 g/mol. The van der Waals surface area contributed by atoms with Crippen molar-refractivity contribution in [2.24, 2.45) is 5.41 Å². The fourth-order valence-corrected chi connectivity index (χ4v) is 2.57. The van der Waals surface area contributed by atoms with Crippen LogP contribution >= 0.6 is 11.8 Å². The van der Waals surface area contributed by atoms with Crippen molar-refractivity contribution in [1.29, 1.82) is 0 Å². The Hall–Kier alpha value is -2.34. The van der Waals surface area contributed by atoms with E-state index in [9.17, 15) is 29.1 Å². The van der Waals surface area contributed by atoms with Gasteiger partial charge in [-0.05, 0) is 20.8 Å². The number of carbonyl (C=O) groups is 5. The fourth-order valence-electron chi connectivity index (χ4n) is 2.08. The van der Waals surface area contributed by atoms with Crippen molar-refractivity contribution in [3.05, 3.63) is 0 Å². The molecule has 0 rings (SSSR count). The summed E-state index contributed by atoms with van der Waals surface area (Å²) in [5, 5.41) is 17.6. The predicted molar refractivity (Wildman–Crippen MR) is 119 cm³/mol. The first kappa shape index (κ1) is 29.7. The molecule has 11 nitrogen and oxygen atoms in total. The van der Waals surface area contributed by atoms with Crippen molar-refractivity contribution < 1.29 is 38.6 Å². The summed E-state index contributed by atoms with van der Waals surface area (Å²) in [6, 6.07) is 0. The van der Waals surface area contributed by atoms with Crippen LogP contribution in [0.3, 0.4) is 0 Å². The minimum absolute atomic E-state index is 0.00888. The van der Waals surface area contributed by atoms with Crippen LogP contribution in [0, 0.1) is 5.41 Å². The Balaban J connectivity index is 4.24. The molecule has 0 aromatic rings. The Bertz CT molecular complexity index is 676. The zero-order chi connectivity index (χ0) is 24.9. The van der Waals surface area contributed by atoms with Gasteiger partial charge in [0.15, 0.2) is 5.12 Å². The lowest BCUT2D eigenvalue weighted by Crippen LogP contribution is -2.47. The maximum atomic E-state index is 12.2. The van der Waals surface area contributed by atoms with Gasteiger partial charge in [0.05, 0.1) is 6.61 Å². The number of aliphatic hydroxyl groups is 1. The highest BCUT2D eigenvalue weighted by Crippen LogP contribution is 2.21. The second kappa shape index (κ2) is 13.9. The van der Waals surface area contributed by atoms with Crippen LogP contribution in [0.5, 0.6) is 0 Å². The molecule has 0 saturated carbocycles. The molecule has 0 aliphatic carbocycles. The number of amides is 3. The van der Waals surface area contributed by atoms with E-state index in [1.54, 1.807) is 20.8 Å². The highest BCUT2D eigenvalue weighted by Gasteiger charge is 2.35. The van der Waals surface area contributed by atoms with Gasteiger partial charge in [-0.25, -0.2) is 4.79 Å². The molecule has 0 radical (unpaired) electrons. The third-order valence-corrected chi connectivity index (χ3v) is 4.57. The van der Waals surface area contributed by atoms with Crippen molar-refractivity contribution in [2.45, 2.75) is 59.7 Å². The summed E-state index contributed by atoms with van der Waals surface area (Å²) in [5.41, 5.74) is -1.82. The Labute approximate surface area is 192 Å². The van der Waals surface area contributed by atoms with E-state index in [0.717, 1.165) is 11.8 Å². The number of rotatable bonds is 12. The van der Waals surface area contributed by atoms with Crippen molar-refractivity contribution in [1.82, 2.24) is 16.0 Å². The number of esters is 1. The van der Waals surface area contributed by atoms with Crippen molar-refractivity contribution in [3.8, 4) is 0 Å². The van der Waals surface area contributed by atoms with E-state index in [1.165, 1.54) is 20.8 Å². The number of hydrogen-bond donors (Lipinski definition) is 4. The molecule has 1 atom stereocenters. The number of thioether (sulfide) groups is 1. The number of alkyl carbamates (subject to hydrolysis) is 1. The summed E-state index contributed by atoms with van der Waals surface area (Å²) in [6.45, 7) is 9.20. The molecule has 184 valence electrons. The molecule has 0 spiro atoms. The molecule has 0 aliphatic rings. The van der Waals surface area contributed by atoms with Gasteiger partial charge < -0.3 is 30.5 Å². The van der Waals surface area contributed by atoms with Gasteiger partial charge in [0.2, 0.25) is 11.8 Å². The third kappa shape index (κ3) is 14.6. The Kier molecular flexibility index (Phi) is 12.9. The summed E-state index contributed by atoms with van der Waals surface area (Å²) in [6.07, 6.45) is -2.26. The van der Waals surface area contributed by atoms with Crippen LogP contribution in [0.2, 0.25) is 0 Å². The average Bonchev–Trinajstić information content (AvgIpc) is 2.66. The van der Waals surface area contributed by atoms with Crippen molar-refractivity contribution >= 4 is 40.8 Å². The maximum absolute atomic E-state index is 12.2. The third-order valence-electron chi connectivity index (χ3n) is 3.75. The van der Waals surface area contributed by atoms with E-state index in [-0.39, 0.29) is 30.6 Å². The van der Waals surface area contributed by atoms with Crippen LogP contribution in [-0.4, -0.2) is 77.8 Å². The van der Waals surface area contributed by atoms with Crippen molar-refractivity contribution in [3.63, 3.8) is 0 Å². The molecule has 0 aliphatic heterocycles. The summed E-state index contributed by atoms with van der Waals surface area (Å²) in [7, 11) is 0. The second-order valence-electron chi connectivity index (χ2n) is 8.64. The molecular formula is C20H35N3O8S. The Morgan fingerprint density at radius 1 is 0.969 bits per heavy atom. The van der Waals surface area contributed by atoms with Crippen LogP contribution in [-0.2, 0) is 28.7 Å². The van der Waals surface area contributed by atoms with Gasteiger partial charge in [0.1, 0.15) is 18.2 Å². The molecule has 0 saturated heterocycles. The van der Waals surface area contributed by atoms with Gasteiger partial charge in [-0.1, -0.05) is 25.6 Å². The largest absolute Gasteiger partial charge is 0.464 e. The van der Waals surface area contributed by atoms with Gasteiger partial charge in [0, 0.05) is 37.6 Å². The SMILES string of the molecule is CC(=O)SCCNC(=O)CCNC(=O)[C@H](O)C(C)(C)COC(=O)CNC(=O)OC(C)(C)C. The van der Waals surface area contributed by atoms with E-state index < -0.39 is 41.6 Å². The van der Waals surface area contributed by atoms with Crippen LogP contribution in [0.25, 0.3) is 0 Å². The lowest BCUT2D eigenvalue weighted by atomic mass is 9.87. The van der Waals surface area contributed by atoms with E-state index in [1.807, 2.05) is 0 Å². The number of carbonyl (C=O) groups excluding carboxylic acids is 5. The fraction of sp³-hybridized carbons (Fsp3) is 0.750. The van der Waals surface area contributed by atoms with Crippen molar-refractivity contribution in [2.75, 3.05) is 32.0 Å². The molecule has 0 heterocycles. The van der Waals surface area contributed by atoms with E-state index in [2.05, 4.69) is 16.0 Å². The van der Waals surface area contributed by atoms with Gasteiger partial charge in [-0.15, -0.1) is 0 Å². The second-order valence-corrected chi connectivity index (χ2v) is 9.91. The number of aliphatic hydroxyl groups excluding tert-OH is 1. The molecule has 0 aromatic heterocycles. The van der Waals surface area contributed by atoms with Gasteiger partial charge in [-0.2, -0.15) is 0 Å². The Morgan fingerprint density at radius 3 is 2.16 bits per heavy atom. The lowest BCUT2D eigenvalue weighted by Gasteiger charge is -2.29. The molecule has 0 unspecified atom stereocenters. The zero-order valence-electron chi connectivity index (χ0n) is 19.5. The number of ether oxygens (including phenoxy) is 2. The van der Waals surface area contributed by atoms with Gasteiger partial charge in [0.25, 0.3) is 0 Å². The Morgan fingerprint density at radius 2 is 1.59 bits per heavy atom. The standard InChI is InChI=1S/C20H35N3O8S/c1-13(24)32-10-9-21-14(25)7-8-22-17(28)16(27)20(5,6)12-30-15(26)11-23-18(29)31-19(2,3)4/h16,27H,7-12H2,1-6H3,(H,21,25)(H,22,28)(H,23,29)/t16-/m0/s1. The first-order chi connectivity index (χ1) is 14.6. The van der Waals surface area contributed by atoms with Gasteiger partial charge in [-0.3, -0.25) is 19.2 Å². The average molecular weight is 478 g/mol. The highest BCUT2D eigenvalue weighted by atomic mass is 32.2. The minimum Gasteiger partial charge on any atom is -0.464 e. The maximum Gasteiger partial charge on any atom is 0.408 e. The minimum atomic E-state index is -1.50. The lowest BCUT2D eigenvalue weighted by molar-refractivity contribution is -0.152. The summed E-state index contributed by atoms with van der Waals surface area (Å²) in [5.74, 6) is -1.30. The molecule has 0 fully saturated rings. The molecule has 0 aromatic carbocycles. The van der Waals surface area contributed by atoms with Crippen LogP contribution in [0.1, 0.15) is 48.0 Å². The number of nitrogens with one attached hydrogen (secondary N) is 3. The molecule has 3 amide bonds.